The fourth-order valence-corrected chi connectivity index (χ4v) is 2.75. The molecule has 1 heterocycles. The Kier molecular flexibility index (Phi) is 3.88. The molecule has 0 saturated carbocycles. The van der Waals surface area contributed by atoms with Gasteiger partial charge in [-0.05, 0) is 12.1 Å². The van der Waals surface area contributed by atoms with Crippen LogP contribution in [0.1, 0.15) is 6.42 Å². The zero-order valence-corrected chi connectivity index (χ0v) is 11.7. The van der Waals surface area contributed by atoms with Gasteiger partial charge in [0.1, 0.15) is 0 Å². The van der Waals surface area contributed by atoms with Crippen LogP contribution in [0.3, 0.4) is 0 Å². The summed E-state index contributed by atoms with van der Waals surface area (Å²) in [4.78, 5) is 13.5. The third-order valence-corrected chi connectivity index (χ3v) is 4.58. The van der Waals surface area contributed by atoms with Gasteiger partial charge < -0.3 is 4.90 Å². The van der Waals surface area contributed by atoms with Crippen molar-refractivity contribution in [1.82, 2.24) is 9.03 Å². The Balaban J connectivity index is 2.09. The quantitative estimate of drug-likeness (QED) is 0.857. The summed E-state index contributed by atoms with van der Waals surface area (Å²) >= 11 is 0. The normalized spacial score (nSPS) is 20.3. The molecule has 0 aromatic heterocycles. The molecule has 0 radical (unpaired) electrons. The monoisotopic (exact) mass is 283 g/mol. The van der Waals surface area contributed by atoms with Gasteiger partial charge in [-0.2, -0.15) is 17.4 Å². The van der Waals surface area contributed by atoms with Crippen LogP contribution in [0.15, 0.2) is 30.3 Å². The number of anilines is 1. The summed E-state index contributed by atoms with van der Waals surface area (Å²) in [5.41, 5.74) is 0.791. The number of hydrogen-bond acceptors (Lipinski definition) is 3. The van der Waals surface area contributed by atoms with Crippen molar-refractivity contribution >= 4 is 21.8 Å². The Morgan fingerprint density at radius 3 is 2.47 bits per heavy atom. The zero-order valence-electron chi connectivity index (χ0n) is 10.9. The van der Waals surface area contributed by atoms with Crippen LogP contribution < -0.4 is 9.62 Å². The Labute approximate surface area is 113 Å². The van der Waals surface area contributed by atoms with Crippen LogP contribution in [-0.4, -0.2) is 45.3 Å². The van der Waals surface area contributed by atoms with Crippen LogP contribution in [0.4, 0.5) is 5.69 Å². The number of carbonyl (C=O) groups is 1. The predicted molar refractivity (Wildman–Crippen MR) is 72.9 cm³/mol. The number of carbonyl (C=O) groups excluding carboxylic acids is 1. The van der Waals surface area contributed by atoms with Gasteiger partial charge in [0, 0.05) is 38.8 Å². The molecular weight excluding hydrogens is 266 g/mol. The van der Waals surface area contributed by atoms with Crippen molar-refractivity contribution < 1.29 is 13.2 Å². The molecule has 1 aliphatic heterocycles. The molecule has 1 aromatic rings. The van der Waals surface area contributed by atoms with Gasteiger partial charge in [0.2, 0.25) is 5.91 Å². The van der Waals surface area contributed by atoms with E-state index in [2.05, 4.69) is 4.72 Å². The van der Waals surface area contributed by atoms with Crippen molar-refractivity contribution in [3.8, 4) is 0 Å². The highest BCUT2D eigenvalue weighted by Gasteiger charge is 2.33. The Bertz CT molecular complexity index is 557. The molecule has 2 rings (SSSR count). The van der Waals surface area contributed by atoms with Gasteiger partial charge >= 0.3 is 0 Å². The highest BCUT2D eigenvalue weighted by molar-refractivity contribution is 7.87. The van der Waals surface area contributed by atoms with Crippen LogP contribution in [0.25, 0.3) is 0 Å². The topological polar surface area (TPSA) is 69.7 Å². The van der Waals surface area contributed by atoms with Crippen LogP contribution in [0, 0.1) is 0 Å². The lowest BCUT2D eigenvalue weighted by atomic mass is 10.3. The van der Waals surface area contributed by atoms with E-state index in [0.29, 0.717) is 6.54 Å². The Hall–Kier alpha value is -1.44. The summed E-state index contributed by atoms with van der Waals surface area (Å²) in [6.45, 7) is 0.357. The molecule has 19 heavy (non-hydrogen) atoms. The van der Waals surface area contributed by atoms with E-state index in [0.717, 1.165) is 9.99 Å². The lowest BCUT2D eigenvalue weighted by molar-refractivity contribution is -0.117. The van der Waals surface area contributed by atoms with Crippen molar-refractivity contribution in [2.75, 3.05) is 25.5 Å². The minimum absolute atomic E-state index is 0.0716. The van der Waals surface area contributed by atoms with E-state index in [9.17, 15) is 13.2 Å². The van der Waals surface area contributed by atoms with Gasteiger partial charge in [-0.25, -0.2) is 0 Å². The van der Waals surface area contributed by atoms with Crippen LogP contribution >= 0.6 is 0 Å². The van der Waals surface area contributed by atoms with E-state index in [-0.39, 0.29) is 18.4 Å². The molecule has 104 valence electrons. The molecule has 1 aromatic carbocycles. The third-order valence-electron chi connectivity index (χ3n) is 2.99. The van der Waals surface area contributed by atoms with Crippen molar-refractivity contribution in [2.24, 2.45) is 0 Å². The number of amides is 1. The molecule has 1 saturated heterocycles. The van der Waals surface area contributed by atoms with Crippen molar-refractivity contribution in [1.29, 1.82) is 0 Å². The van der Waals surface area contributed by atoms with Crippen molar-refractivity contribution in [2.45, 2.75) is 12.5 Å². The Morgan fingerprint density at radius 2 is 1.89 bits per heavy atom. The number of nitrogens with zero attached hydrogens (tertiary/aromatic N) is 2. The van der Waals surface area contributed by atoms with E-state index in [1.165, 1.54) is 14.1 Å². The van der Waals surface area contributed by atoms with E-state index in [4.69, 9.17) is 0 Å². The maximum atomic E-state index is 11.9. The molecule has 1 amide bonds. The average molecular weight is 283 g/mol. The standard InChI is InChI=1S/C12H17N3O3S/c1-14(2)19(17,18)13-10-8-12(16)15(9-10)11-6-4-3-5-7-11/h3-7,10,13H,8-9H2,1-2H3/t10-/m1/s1. The summed E-state index contributed by atoms with van der Waals surface area (Å²) in [6, 6.07) is 8.84. The van der Waals surface area contributed by atoms with E-state index < -0.39 is 10.2 Å². The van der Waals surface area contributed by atoms with E-state index >= 15 is 0 Å². The summed E-state index contributed by atoms with van der Waals surface area (Å²) in [6.07, 6.45) is 0.183. The van der Waals surface area contributed by atoms with E-state index in [1.807, 2.05) is 30.3 Å². The first-order valence-corrected chi connectivity index (χ1v) is 7.39. The maximum absolute atomic E-state index is 11.9. The molecule has 0 bridgehead atoms. The minimum atomic E-state index is -3.51. The average Bonchev–Trinajstić information content (AvgIpc) is 2.70. The summed E-state index contributed by atoms with van der Waals surface area (Å²) in [5.74, 6) is -0.0716. The molecule has 0 unspecified atom stereocenters. The van der Waals surface area contributed by atoms with Gasteiger partial charge in [0.15, 0.2) is 0 Å². The van der Waals surface area contributed by atoms with Gasteiger partial charge in [-0.15, -0.1) is 0 Å². The molecule has 1 aliphatic rings. The largest absolute Gasteiger partial charge is 0.311 e. The smallest absolute Gasteiger partial charge is 0.279 e. The van der Waals surface area contributed by atoms with Gasteiger partial charge in [0.05, 0.1) is 0 Å². The minimum Gasteiger partial charge on any atom is -0.311 e. The molecule has 0 aliphatic carbocycles. The van der Waals surface area contributed by atoms with Gasteiger partial charge in [0.25, 0.3) is 10.2 Å². The van der Waals surface area contributed by atoms with Crippen molar-refractivity contribution in [3.05, 3.63) is 30.3 Å². The SMILES string of the molecule is CN(C)S(=O)(=O)N[C@@H]1CC(=O)N(c2ccccc2)C1. The first-order valence-electron chi connectivity index (χ1n) is 5.95. The number of nitrogens with one attached hydrogen (secondary N) is 1. The molecule has 7 heteroatoms. The van der Waals surface area contributed by atoms with Crippen LogP contribution in [0.5, 0.6) is 0 Å². The van der Waals surface area contributed by atoms with E-state index in [1.54, 1.807) is 4.90 Å². The molecule has 6 nitrogen and oxygen atoms in total. The highest BCUT2D eigenvalue weighted by Crippen LogP contribution is 2.21. The maximum Gasteiger partial charge on any atom is 0.279 e. The zero-order chi connectivity index (χ0) is 14.0. The lowest BCUT2D eigenvalue weighted by Gasteiger charge is -2.18. The summed E-state index contributed by atoms with van der Waals surface area (Å²) in [5, 5.41) is 0. The number of rotatable bonds is 4. The van der Waals surface area contributed by atoms with Gasteiger partial charge in [-0.1, -0.05) is 18.2 Å². The lowest BCUT2D eigenvalue weighted by Crippen LogP contribution is -2.43. The number of benzene rings is 1. The fourth-order valence-electron chi connectivity index (χ4n) is 1.96. The second-order valence-electron chi connectivity index (χ2n) is 4.65. The van der Waals surface area contributed by atoms with Crippen molar-refractivity contribution in [3.63, 3.8) is 0 Å². The highest BCUT2D eigenvalue weighted by atomic mass is 32.2. The number of para-hydroxylation sites is 1. The molecule has 1 atom stereocenters. The first kappa shape index (κ1) is 14.0. The predicted octanol–water partition coefficient (Wildman–Crippen LogP) is 0.188. The second-order valence-corrected chi connectivity index (χ2v) is 6.56. The van der Waals surface area contributed by atoms with Crippen LogP contribution in [0.2, 0.25) is 0 Å². The third kappa shape index (κ3) is 3.12. The number of hydrogen-bond donors (Lipinski definition) is 1. The molecule has 0 spiro atoms. The summed E-state index contributed by atoms with van der Waals surface area (Å²) < 4.78 is 27.1. The Morgan fingerprint density at radius 1 is 1.26 bits per heavy atom. The molecule has 1 N–H and O–H groups in total. The second kappa shape index (κ2) is 5.28. The first-order chi connectivity index (χ1) is 8.90. The fraction of sp³-hybridized carbons (Fsp3) is 0.417. The van der Waals surface area contributed by atoms with Gasteiger partial charge in [-0.3, -0.25) is 4.79 Å². The molecule has 1 fully saturated rings. The van der Waals surface area contributed by atoms with Crippen LogP contribution in [-0.2, 0) is 15.0 Å². The molecular formula is C12H17N3O3S. The summed E-state index contributed by atoms with van der Waals surface area (Å²) in [7, 11) is -0.601.